The summed E-state index contributed by atoms with van der Waals surface area (Å²) in [4.78, 5) is 8.15. The van der Waals surface area contributed by atoms with Crippen molar-refractivity contribution in [1.82, 2.24) is 9.97 Å². The second kappa shape index (κ2) is 7.80. The highest BCUT2D eigenvalue weighted by Gasteiger charge is 2.23. The molecule has 0 aliphatic rings. The second-order valence-electron chi connectivity index (χ2n) is 6.27. The first kappa shape index (κ1) is 18.9. The van der Waals surface area contributed by atoms with Gasteiger partial charge < -0.3 is 9.47 Å². The Balaban J connectivity index is 2.19. The van der Waals surface area contributed by atoms with Crippen molar-refractivity contribution in [3.8, 4) is 17.4 Å². The van der Waals surface area contributed by atoms with Gasteiger partial charge in [-0.3, -0.25) is 0 Å². The first-order chi connectivity index (χ1) is 12.5. The van der Waals surface area contributed by atoms with Crippen LogP contribution >= 0.6 is 25.3 Å². The third kappa shape index (κ3) is 3.50. The minimum absolute atomic E-state index is 0.139. The molecule has 5 nitrogen and oxygen atoms in total. The zero-order valence-electron chi connectivity index (χ0n) is 15.4. The zero-order chi connectivity index (χ0) is 18.8. The number of pyridine rings is 1. The molecule has 0 amide bonds. The normalized spacial score (nSPS) is 12.4. The quantitative estimate of drug-likeness (QED) is 0.447. The molecule has 3 rings (SSSR count). The minimum Gasteiger partial charge on any atom is -0.497 e. The van der Waals surface area contributed by atoms with Gasteiger partial charge in [0.05, 0.1) is 26.1 Å². The number of aromatic nitrogens is 3. The fraction of sp³-hybridized carbons (Fsp3) is 0.368. The van der Waals surface area contributed by atoms with Crippen molar-refractivity contribution in [2.75, 3.05) is 20.0 Å². The molecule has 0 bridgehead atoms. The summed E-state index contributed by atoms with van der Waals surface area (Å²) in [5.41, 5.74) is 5.06. The predicted octanol–water partition coefficient (Wildman–Crippen LogP) is 3.24. The molecule has 1 aromatic carbocycles. The number of thiol groups is 2. The number of ether oxygens (including phenoxy) is 2. The number of benzene rings is 1. The molecule has 1 N–H and O–H groups in total. The molecule has 0 saturated carbocycles. The summed E-state index contributed by atoms with van der Waals surface area (Å²) in [6.45, 7) is 4.11. The van der Waals surface area contributed by atoms with Crippen LogP contribution in [-0.2, 0) is 6.42 Å². The van der Waals surface area contributed by atoms with E-state index >= 15 is 0 Å². The van der Waals surface area contributed by atoms with Crippen LogP contribution in [0, 0.1) is 13.8 Å². The van der Waals surface area contributed by atoms with E-state index in [1.54, 1.807) is 14.2 Å². The van der Waals surface area contributed by atoms with Crippen molar-refractivity contribution in [2.24, 2.45) is 0 Å². The van der Waals surface area contributed by atoms with Crippen LogP contribution in [0.5, 0.6) is 11.5 Å². The number of imidazole rings is 1. The van der Waals surface area contributed by atoms with E-state index in [1.165, 1.54) is 0 Å². The molecule has 2 heterocycles. The first-order valence-electron chi connectivity index (χ1n) is 8.40. The molecule has 0 aliphatic heterocycles. The lowest BCUT2D eigenvalue weighted by Crippen LogP contribution is -2.40. The van der Waals surface area contributed by atoms with Gasteiger partial charge in [-0.15, -0.1) is 0 Å². The van der Waals surface area contributed by atoms with E-state index < -0.39 is 0 Å². The maximum Gasteiger partial charge on any atom is 0.402 e. The summed E-state index contributed by atoms with van der Waals surface area (Å²) < 4.78 is 13.0. The monoisotopic (exact) mass is 390 g/mol. The SMILES string of the molecule is COc1ccc2nc(-[n+]3cc(C)c(OC)c(C)c3CC(S)CS)[nH]c2c1. The highest BCUT2D eigenvalue weighted by atomic mass is 32.1. The van der Waals surface area contributed by atoms with Crippen LogP contribution in [0.25, 0.3) is 17.0 Å². The maximum atomic E-state index is 5.61. The lowest BCUT2D eigenvalue weighted by Gasteiger charge is -2.17. The number of methoxy groups -OCH3 is 2. The lowest BCUT2D eigenvalue weighted by atomic mass is 10.1. The standard InChI is InChI=1S/C19H23N3O2S2/c1-11-9-22(17(8-14(26)10-25)12(2)18(11)24-4)19-20-15-6-5-13(23-3)7-16(15)21-19/h5-7,9,14H,8,10H2,1-4H3,(H2-,20,21,25,26)/p+1. The van der Waals surface area contributed by atoms with Crippen molar-refractivity contribution in [3.63, 3.8) is 0 Å². The Bertz CT molecular complexity index is 940. The average Bonchev–Trinajstić information content (AvgIpc) is 3.06. The molecule has 138 valence electrons. The minimum atomic E-state index is 0.139. The van der Waals surface area contributed by atoms with E-state index in [-0.39, 0.29) is 5.25 Å². The van der Waals surface area contributed by atoms with E-state index in [1.807, 2.05) is 25.1 Å². The van der Waals surface area contributed by atoms with Gasteiger partial charge in [-0.2, -0.15) is 25.3 Å². The van der Waals surface area contributed by atoms with Gasteiger partial charge in [0.15, 0.2) is 5.52 Å². The van der Waals surface area contributed by atoms with E-state index in [4.69, 9.17) is 14.5 Å². The van der Waals surface area contributed by atoms with E-state index in [0.717, 1.165) is 51.7 Å². The van der Waals surface area contributed by atoms with Crippen LogP contribution in [0.4, 0.5) is 0 Å². The topological polar surface area (TPSA) is 51.0 Å². The Morgan fingerprint density at radius 3 is 2.65 bits per heavy atom. The molecule has 0 saturated heterocycles. The number of hydrogen-bond donors (Lipinski definition) is 3. The molecule has 3 aromatic rings. The van der Waals surface area contributed by atoms with Gasteiger partial charge in [0.1, 0.15) is 17.0 Å². The van der Waals surface area contributed by atoms with E-state index in [9.17, 15) is 0 Å². The van der Waals surface area contributed by atoms with Crippen molar-refractivity contribution in [3.05, 3.63) is 41.2 Å². The summed E-state index contributed by atoms with van der Waals surface area (Å²) in [6.07, 6.45) is 2.81. The fourth-order valence-electron chi connectivity index (χ4n) is 3.20. The van der Waals surface area contributed by atoms with Crippen molar-refractivity contribution >= 4 is 36.3 Å². The summed E-state index contributed by atoms with van der Waals surface area (Å²) in [5.74, 6) is 3.15. The van der Waals surface area contributed by atoms with Gasteiger partial charge in [0.2, 0.25) is 0 Å². The Labute approximate surface area is 164 Å². The smallest absolute Gasteiger partial charge is 0.402 e. The molecule has 0 aliphatic carbocycles. The highest BCUT2D eigenvalue weighted by Crippen LogP contribution is 2.26. The Morgan fingerprint density at radius 1 is 1.23 bits per heavy atom. The van der Waals surface area contributed by atoms with Crippen LogP contribution in [-0.4, -0.2) is 35.2 Å². The number of H-pyrrole nitrogens is 1. The second-order valence-corrected chi connectivity index (χ2v) is 7.37. The molecular weight excluding hydrogens is 366 g/mol. The van der Waals surface area contributed by atoms with Crippen molar-refractivity contribution in [2.45, 2.75) is 25.5 Å². The number of hydrogen-bond acceptors (Lipinski definition) is 5. The lowest BCUT2D eigenvalue weighted by molar-refractivity contribution is -0.612. The predicted molar refractivity (Wildman–Crippen MR) is 111 cm³/mol. The molecule has 7 heteroatoms. The Kier molecular flexibility index (Phi) is 5.67. The fourth-order valence-corrected chi connectivity index (χ4v) is 3.50. The molecular formula is C19H24N3O2S2+. The number of fused-ring (bicyclic) bond motifs is 1. The van der Waals surface area contributed by atoms with Crippen molar-refractivity contribution in [1.29, 1.82) is 0 Å². The summed E-state index contributed by atoms with van der Waals surface area (Å²) >= 11 is 9.02. The van der Waals surface area contributed by atoms with Gasteiger partial charge in [-0.1, -0.05) is 4.98 Å². The highest BCUT2D eigenvalue weighted by molar-refractivity contribution is 7.84. The molecule has 0 radical (unpaired) electrons. The number of nitrogens with zero attached hydrogens (tertiary/aromatic N) is 2. The first-order valence-corrected chi connectivity index (χ1v) is 9.55. The average molecular weight is 391 g/mol. The third-order valence-electron chi connectivity index (χ3n) is 4.49. The van der Waals surface area contributed by atoms with Crippen LogP contribution in [0.1, 0.15) is 16.8 Å². The van der Waals surface area contributed by atoms with Crippen LogP contribution in [0.15, 0.2) is 24.4 Å². The number of rotatable bonds is 6. The summed E-state index contributed by atoms with van der Waals surface area (Å²) in [7, 11) is 3.36. The van der Waals surface area contributed by atoms with Crippen LogP contribution < -0.4 is 14.0 Å². The molecule has 1 unspecified atom stereocenters. The van der Waals surface area contributed by atoms with E-state index in [2.05, 4.69) is 47.9 Å². The molecule has 0 fully saturated rings. The third-order valence-corrected chi connectivity index (χ3v) is 5.59. The van der Waals surface area contributed by atoms with Gasteiger partial charge in [0, 0.05) is 34.6 Å². The Hall–Kier alpha value is -1.86. The molecule has 26 heavy (non-hydrogen) atoms. The van der Waals surface area contributed by atoms with Crippen LogP contribution in [0.3, 0.4) is 0 Å². The summed E-state index contributed by atoms with van der Waals surface area (Å²) in [6, 6.07) is 5.81. The van der Waals surface area contributed by atoms with E-state index in [0.29, 0.717) is 5.75 Å². The summed E-state index contributed by atoms with van der Waals surface area (Å²) in [5, 5.41) is 0.139. The van der Waals surface area contributed by atoms with Gasteiger partial charge >= 0.3 is 5.95 Å². The number of nitrogens with one attached hydrogen (secondary N) is 1. The number of aromatic amines is 1. The van der Waals surface area contributed by atoms with Gasteiger partial charge in [-0.05, 0) is 26.0 Å². The molecule has 1 atom stereocenters. The largest absolute Gasteiger partial charge is 0.497 e. The van der Waals surface area contributed by atoms with Crippen molar-refractivity contribution < 1.29 is 14.0 Å². The molecule has 2 aromatic heterocycles. The maximum absolute atomic E-state index is 5.61. The molecule has 0 spiro atoms. The zero-order valence-corrected chi connectivity index (χ0v) is 17.2. The van der Waals surface area contributed by atoms with Gasteiger partial charge in [-0.25, -0.2) is 9.55 Å². The number of aryl methyl sites for hydroxylation is 1. The van der Waals surface area contributed by atoms with Gasteiger partial charge in [0.25, 0.3) is 0 Å². The van der Waals surface area contributed by atoms with Crippen LogP contribution in [0.2, 0.25) is 0 Å². The Morgan fingerprint density at radius 2 is 2.00 bits per heavy atom.